The molecule has 5 nitrogen and oxygen atoms in total. The van der Waals surface area contributed by atoms with Crippen LogP contribution < -0.4 is 10.6 Å². The molecule has 1 aliphatic carbocycles. The highest BCUT2D eigenvalue weighted by Gasteiger charge is 2.45. The maximum Gasteiger partial charge on any atom is 0.309 e. The lowest BCUT2D eigenvalue weighted by molar-refractivity contribution is -0.140. The monoisotopic (exact) mass is 352 g/mol. The number of carbonyl (C=O) groups excluding carboxylic acids is 2. The molecule has 0 heterocycles. The molecule has 5 heteroatoms. The predicted molar refractivity (Wildman–Crippen MR) is 99.1 cm³/mol. The van der Waals surface area contributed by atoms with Gasteiger partial charge < -0.3 is 15.7 Å². The Balaban J connectivity index is 1.59. The summed E-state index contributed by atoms with van der Waals surface area (Å²) in [5.41, 5.74) is 0.552. The van der Waals surface area contributed by atoms with Gasteiger partial charge in [-0.05, 0) is 36.8 Å². The summed E-state index contributed by atoms with van der Waals surface area (Å²) in [6, 6.07) is 18.5. The molecular weight excluding hydrogens is 328 g/mol. The Morgan fingerprint density at radius 1 is 1.04 bits per heavy atom. The third kappa shape index (κ3) is 4.11. The number of hydrogen-bond acceptors (Lipinski definition) is 3. The van der Waals surface area contributed by atoms with Gasteiger partial charge in [-0.25, -0.2) is 0 Å². The van der Waals surface area contributed by atoms with Gasteiger partial charge in [-0.2, -0.15) is 0 Å². The molecule has 0 saturated heterocycles. The van der Waals surface area contributed by atoms with E-state index in [1.165, 1.54) is 0 Å². The van der Waals surface area contributed by atoms with Crippen LogP contribution in [0.5, 0.6) is 0 Å². The number of hydrogen-bond donors (Lipinski definition) is 3. The van der Waals surface area contributed by atoms with Crippen molar-refractivity contribution in [2.45, 2.75) is 31.4 Å². The van der Waals surface area contributed by atoms with Gasteiger partial charge in [-0.1, -0.05) is 60.7 Å². The van der Waals surface area contributed by atoms with Crippen LogP contribution in [0.3, 0.4) is 0 Å². The molecule has 1 aliphatic rings. The Kier molecular flexibility index (Phi) is 5.38. The molecular formula is C21H24N2O3. The SMILES string of the molecule is CC(NC(=O)C(=O)NCC(O)(c1ccccc1)C1CC1)c1ccccc1. The van der Waals surface area contributed by atoms with Crippen molar-refractivity contribution in [2.24, 2.45) is 5.92 Å². The van der Waals surface area contributed by atoms with Crippen LogP contribution in [-0.2, 0) is 15.2 Å². The van der Waals surface area contributed by atoms with Crippen molar-refractivity contribution in [1.29, 1.82) is 0 Å². The molecule has 1 saturated carbocycles. The molecule has 136 valence electrons. The summed E-state index contributed by atoms with van der Waals surface area (Å²) in [4.78, 5) is 24.4. The number of aliphatic hydroxyl groups is 1. The molecule has 3 N–H and O–H groups in total. The number of nitrogens with one attached hydrogen (secondary N) is 2. The molecule has 0 spiro atoms. The normalized spacial score (nSPS) is 17.0. The van der Waals surface area contributed by atoms with Crippen molar-refractivity contribution >= 4 is 11.8 Å². The van der Waals surface area contributed by atoms with Crippen LogP contribution in [0, 0.1) is 5.92 Å². The van der Waals surface area contributed by atoms with Crippen molar-refractivity contribution in [3.63, 3.8) is 0 Å². The highest BCUT2D eigenvalue weighted by atomic mass is 16.3. The van der Waals surface area contributed by atoms with E-state index in [9.17, 15) is 14.7 Å². The molecule has 2 atom stereocenters. The van der Waals surface area contributed by atoms with Crippen LogP contribution in [0.1, 0.15) is 36.9 Å². The average molecular weight is 352 g/mol. The van der Waals surface area contributed by atoms with E-state index < -0.39 is 17.4 Å². The molecule has 1 fully saturated rings. The fourth-order valence-corrected chi connectivity index (χ4v) is 3.15. The van der Waals surface area contributed by atoms with Crippen LogP contribution in [0.2, 0.25) is 0 Å². The molecule has 0 radical (unpaired) electrons. The molecule has 2 aromatic rings. The minimum absolute atomic E-state index is 0.0215. The van der Waals surface area contributed by atoms with Crippen LogP contribution in [0.4, 0.5) is 0 Å². The van der Waals surface area contributed by atoms with Crippen molar-refractivity contribution < 1.29 is 14.7 Å². The first-order valence-corrected chi connectivity index (χ1v) is 8.92. The van der Waals surface area contributed by atoms with Crippen LogP contribution in [0.25, 0.3) is 0 Å². The molecule has 2 amide bonds. The molecule has 0 bridgehead atoms. The van der Waals surface area contributed by atoms with E-state index in [0.717, 1.165) is 24.0 Å². The lowest BCUT2D eigenvalue weighted by atomic mass is 9.88. The Labute approximate surface area is 153 Å². The van der Waals surface area contributed by atoms with Gasteiger partial charge in [0.05, 0.1) is 12.6 Å². The van der Waals surface area contributed by atoms with E-state index in [4.69, 9.17) is 0 Å². The minimum atomic E-state index is -1.14. The summed E-state index contributed by atoms with van der Waals surface area (Å²) in [5.74, 6) is -1.33. The van der Waals surface area contributed by atoms with Crippen LogP contribution in [0.15, 0.2) is 60.7 Å². The molecule has 2 aromatic carbocycles. The first-order chi connectivity index (χ1) is 12.5. The molecule has 0 aromatic heterocycles. The second-order valence-corrected chi connectivity index (χ2v) is 6.85. The van der Waals surface area contributed by atoms with Gasteiger partial charge in [0.25, 0.3) is 0 Å². The number of amides is 2. The van der Waals surface area contributed by atoms with E-state index in [1.807, 2.05) is 67.6 Å². The van der Waals surface area contributed by atoms with Gasteiger partial charge in [0.15, 0.2) is 0 Å². The zero-order valence-electron chi connectivity index (χ0n) is 14.8. The summed E-state index contributed by atoms with van der Waals surface area (Å²) < 4.78 is 0. The van der Waals surface area contributed by atoms with Crippen LogP contribution >= 0.6 is 0 Å². The van der Waals surface area contributed by atoms with Gasteiger partial charge in [0.2, 0.25) is 0 Å². The zero-order valence-corrected chi connectivity index (χ0v) is 14.8. The van der Waals surface area contributed by atoms with Gasteiger partial charge in [-0.15, -0.1) is 0 Å². The third-order valence-corrected chi connectivity index (χ3v) is 4.90. The van der Waals surface area contributed by atoms with E-state index in [-0.39, 0.29) is 18.5 Å². The second kappa shape index (κ2) is 7.70. The maximum absolute atomic E-state index is 12.2. The number of rotatable bonds is 6. The summed E-state index contributed by atoms with van der Waals surface area (Å²) in [7, 11) is 0. The number of benzene rings is 2. The van der Waals surface area contributed by atoms with Crippen molar-refractivity contribution in [1.82, 2.24) is 10.6 Å². The summed E-state index contributed by atoms with van der Waals surface area (Å²) in [5, 5.41) is 16.3. The van der Waals surface area contributed by atoms with Gasteiger partial charge >= 0.3 is 11.8 Å². The average Bonchev–Trinajstić information content (AvgIpc) is 3.53. The molecule has 0 aliphatic heterocycles. The second-order valence-electron chi connectivity index (χ2n) is 6.85. The highest BCUT2D eigenvalue weighted by Crippen LogP contribution is 2.45. The summed E-state index contributed by atoms with van der Waals surface area (Å²) in [6.07, 6.45) is 1.83. The maximum atomic E-state index is 12.2. The minimum Gasteiger partial charge on any atom is -0.383 e. The van der Waals surface area contributed by atoms with Gasteiger partial charge in [-0.3, -0.25) is 9.59 Å². The third-order valence-electron chi connectivity index (χ3n) is 4.90. The van der Waals surface area contributed by atoms with Crippen molar-refractivity contribution in [2.75, 3.05) is 6.54 Å². The Hall–Kier alpha value is -2.66. The highest BCUT2D eigenvalue weighted by molar-refractivity contribution is 6.35. The fourth-order valence-electron chi connectivity index (χ4n) is 3.15. The van der Waals surface area contributed by atoms with E-state index in [1.54, 1.807) is 0 Å². The van der Waals surface area contributed by atoms with E-state index >= 15 is 0 Å². The Morgan fingerprint density at radius 3 is 2.19 bits per heavy atom. The van der Waals surface area contributed by atoms with Gasteiger partial charge in [0, 0.05) is 0 Å². The van der Waals surface area contributed by atoms with E-state index in [2.05, 4.69) is 10.6 Å². The molecule has 2 unspecified atom stereocenters. The van der Waals surface area contributed by atoms with Crippen LogP contribution in [-0.4, -0.2) is 23.5 Å². The molecule has 3 rings (SSSR count). The fraction of sp³-hybridized carbons (Fsp3) is 0.333. The van der Waals surface area contributed by atoms with E-state index in [0.29, 0.717) is 0 Å². The number of carbonyl (C=O) groups is 2. The van der Waals surface area contributed by atoms with Gasteiger partial charge in [0.1, 0.15) is 5.60 Å². The predicted octanol–water partition coefficient (Wildman–Crippen LogP) is 2.28. The zero-order chi connectivity index (χ0) is 18.6. The Morgan fingerprint density at radius 2 is 1.62 bits per heavy atom. The van der Waals surface area contributed by atoms with Crippen molar-refractivity contribution in [3.05, 3.63) is 71.8 Å². The lowest BCUT2D eigenvalue weighted by Gasteiger charge is -2.29. The summed E-state index contributed by atoms with van der Waals surface area (Å²) >= 11 is 0. The smallest absolute Gasteiger partial charge is 0.309 e. The molecule has 26 heavy (non-hydrogen) atoms. The largest absolute Gasteiger partial charge is 0.383 e. The lowest BCUT2D eigenvalue weighted by Crippen LogP contribution is -2.47. The quantitative estimate of drug-likeness (QED) is 0.698. The first kappa shape index (κ1) is 18.1. The standard InChI is InChI=1S/C21H24N2O3/c1-15(16-8-4-2-5-9-16)23-20(25)19(24)22-14-21(26,18-12-13-18)17-10-6-3-7-11-17/h2-11,15,18,26H,12-14H2,1H3,(H,22,24)(H,23,25). The van der Waals surface area contributed by atoms with Crippen molar-refractivity contribution in [3.8, 4) is 0 Å². The topological polar surface area (TPSA) is 78.4 Å². The Bertz CT molecular complexity index is 759. The first-order valence-electron chi connectivity index (χ1n) is 8.92. The summed E-state index contributed by atoms with van der Waals surface area (Å²) in [6.45, 7) is 1.85.